The van der Waals surface area contributed by atoms with E-state index in [1.54, 1.807) is 26.0 Å². The van der Waals surface area contributed by atoms with Gasteiger partial charge in [0, 0.05) is 43.6 Å². The molecule has 4 rings (SSSR count). The molecular weight excluding hydrogens is 756 g/mol. The number of unbranched alkanes of at least 4 members (excludes halogenated alkanes) is 4. The van der Waals surface area contributed by atoms with E-state index >= 15 is 0 Å². The summed E-state index contributed by atoms with van der Waals surface area (Å²) in [7, 11) is 1.20. The molecule has 0 aliphatic carbocycles. The van der Waals surface area contributed by atoms with Crippen LogP contribution in [0.1, 0.15) is 124 Å². The zero-order valence-electron chi connectivity index (χ0n) is 34.7. The first-order valence-electron chi connectivity index (χ1n) is 21.0. The van der Waals surface area contributed by atoms with E-state index in [-0.39, 0.29) is 62.9 Å². The second kappa shape index (κ2) is 23.0. The first-order chi connectivity index (χ1) is 27.7. The molecule has 4 aliphatic heterocycles. The molecule has 15 heteroatoms. The highest BCUT2D eigenvalue weighted by atomic mass is 16.7. The van der Waals surface area contributed by atoms with Crippen molar-refractivity contribution in [2.24, 2.45) is 5.41 Å². The summed E-state index contributed by atoms with van der Waals surface area (Å²) in [4.78, 5) is 52.0. The van der Waals surface area contributed by atoms with Gasteiger partial charge in [0.25, 0.3) is 0 Å². The van der Waals surface area contributed by atoms with Crippen LogP contribution in [0.4, 0.5) is 0 Å². The molecule has 4 heterocycles. The lowest BCUT2D eigenvalue weighted by molar-refractivity contribution is -0.327. The average molecular weight is 823 g/mol. The van der Waals surface area contributed by atoms with Crippen molar-refractivity contribution in [2.75, 3.05) is 20.3 Å². The molecule has 0 aromatic heterocycles. The third-order valence-corrected chi connectivity index (χ3v) is 11.2. The van der Waals surface area contributed by atoms with Crippen molar-refractivity contribution in [3.05, 3.63) is 36.5 Å². The SMILES string of the molecule is C=CCOC(=O)C[C@H]1C[C@H]2C[C@H]3CCC[C@@H](C[C@@H](O)CC(=O)O[C@@H](CO)C[C@@H]4C/C(=C\C(=O)OC)[C@H](OC(=O)CCCCCCC)[C@@](O)(O4)C(C)(C)/C=C/[C@H](O2)O1)O3. The number of esters is 4. The fourth-order valence-electron chi connectivity index (χ4n) is 8.08. The zero-order chi connectivity index (χ0) is 42.3. The van der Waals surface area contributed by atoms with Crippen molar-refractivity contribution in [2.45, 2.75) is 184 Å². The molecule has 0 aromatic carbocycles. The van der Waals surface area contributed by atoms with Crippen LogP contribution in [0.2, 0.25) is 0 Å². The normalized spacial score (nSPS) is 34.5. The minimum Gasteiger partial charge on any atom is -0.466 e. The van der Waals surface area contributed by atoms with Crippen LogP contribution in [0.5, 0.6) is 0 Å². The Hall–Kier alpha value is -3.18. The zero-order valence-corrected chi connectivity index (χ0v) is 34.7. The molecule has 328 valence electrons. The van der Waals surface area contributed by atoms with Gasteiger partial charge in [-0.3, -0.25) is 14.4 Å². The number of aliphatic hydroxyl groups excluding tert-OH is 2. The second-order valence-corrected chi connectivity index (χ2v) is 16.5. The van der Waals surface area contributed by atoms with Gasteiger partial charge in [-0.05, 0) is 43.8 Å². The lowest BCUT2D eigenvalue weighted by Gasteiger charge is -2.51. The number of ether oxygens (including phenoxy) is 8. The molecule has 0 aromatic rings. The Balaban J connectivity index is 1.74. The Bertz CT molecular complexity index is 1430. The van der Waals surface area contributed by atoms with Crippen molar-refractivity contribution in [3.63, 3.8) is 0 Å². The Labute approximate surface area is 342 Å². The number of cyclic esters (lactones) is 1. The highest BCUT2D eigenvalue weighted by Crippen LogP contribution is 2.47. The number of aliphatic hydroxyl groups is 3. The summed E-state index contributed by atoms with van der Waals surface area (Å²) >= 11 is 0. The van der Waals surface area contributed by atoms with Gasteiger partial charge in [-0.2, -0.15) is 0 Å². The van der Waals surface area contributed by atoms with Gasteiger partial charge in [0.1, 0.15) is 12.7 Å². The Morgan fingerprint density at radius 2 is 1.66 bits per heavy atom. The molecular formula is C43H66O15. The molecule has 10 atom stereocenters. The van der Waals surface area contributed by atoms with Crippen LogP contribution in [0.3, 0.4) is 0 Å². The molecule has 3 fully saturated rings. The van der Waals surface area contributed by atoms with Crippen molar-refractivity contribution >= 4 is 23.9 Å². The third kappa shape index (κ3) is 14.2. The monoisotopic (exact) mass is 822 g/mol. The van der Waals surface area contributed by atoms with Gasteiger partial charge in [0.05, 0.1) is 63.2 Å². The maximum Gasteiger partial charge on any atom is 0.330 e. The molecule has 15 nitrogen and oxygen atoms in total. The van der Waals surface area contributed by atoms with Crippen LogP contribution < -0.4 is 0 Å². The van der Waals surface area contributed by atoms with E-state index in [2.05, 4.69) is 13.5 Å². The summed E-state index contributed by atoms with van der Waals surface area (Å²) in [5.74, 6) is -4.90. The molecule has 4 aliphatic rings. The minimum atomic E-state index is -2.35. The molecule has 3 saturated heterocycles. The van der Waals surface area contributed by atoms with Gasteiger partial charge in [-0.1, -0.05) is 65.2 Å². The molecule has 3 N–H and O–H groups in total. The van der Waals surface area contributed by atoms with Gasteiger partial charge in [-0.25, -0.2) is 4.79 Å². The Kier molecular flexibility index (Phi) is 18.8. The lowest BCUT2D eigenvalue weighted by atomic mass is 9.74. The van der Waals surface area contributed by atoms with E-state index in [1.807, 2.05) is 0 Å². The first kappa shape index (κ1) is 47.5. The number of carbonyl (C=O) groups is 4. The van der Waals surface area contributed by atoms with Crippen LogP contribution in [0.15, 0.2) is 36.5 Å². The van der Waals surface area contributed by atoms with Gasteiger partial charge >= 0.3 is 23.9 Å². The summed E-state index contributed by atoms with van der Waals surface area (Å²) < 4.78 is 47.3. The van der Waals surface area contributed by atoms with E-state index in [0.29, 0.717) is 25.7 Å². The van der Waals surface area contributed by atoms with E-state index in [0.717, 1.165) is 44.6 Å². The number of rotatable bonds is 13. The number of methoxy groups -OCH3 is 1. The van der Waals surface area contributed by atoms with Gasteiger partial charge < -0.3 is 53.2 Å². The highest BCUT2D eigenvalue weighted by molar-refractivity contribution is 5.83. The summed E-state index contributed by atoms with van der Waals surface area (Å²) in [6.45, 7) is 8.47. The van der Waals surface area contributed by atoms with Crippen molar-refractivity contribution in [1.82, 2.24) is 0 Å². The molecule has 0 saturated carbocycles. The van der Waals surface area contributed by atoms with Crippen molar-refractivity contribution in [3.8, 4) is 0 Å². The number of fused-ring (bicyclic) bond motifs is 6. The average Bonchev–Trinajstić information content (AvgIpc) is 3.16. The number of hydrogen-bond acceptors (Lipinski definition) is 15. The van der Waals surface area contributed by atoms with Crippen LogP contribution in [-0.2, 0) is 57.1 Å². The minimum absolute atomic E-state index is 0.0449. The molecule has 0 amide bonds. The fraction of sp³-hybridized carbons (Fsp3) is 0.767. The Morgan fingerprint density at radius 3 is 2.36 bits per heavy atom. The summed E-state index contributed by atoms with van der Waals surface area (Å²) in [6, 6.07) is 0. The summed E-state index contributed by atoms with van der Waals surface area (Å²) in [5.41, 5.74) is -1.22. The van der Waals surface area contributed by atoms with E-state index in [4.69, 9.17) is 37.9 Å². The van der Waals surface area contributed by atoms with Crippen LogP contribution in [0, 0.1) is 5.41 Å². The molecule has 6 bridgehead atoms. The van der Waals surface area contributed by atoms with Crippen molar-refractivity contribution in [1.29, 1.82) is 0 Å². The van der Waals surface area contributed by atoms with Crippen LogP contribution >= 0.6 is 0 Å². The number of carbonyl (C=O) groups excluding carboxylic acids is 4. The lowest BCUT2D eigenvalue weighted by Crippen LogP contribution is -2.62. The third-order valence-electron chi connectivity index (χ3n) is 11.2. The quantitative estimate of drug-likeness (QED) is 0.0750. The Morgan fingerprint density at radius 1 is 0.931 bits per heavy atom. The maximum atomic E-state index is 13.4. The smallest absolute Gasteiger partial charge is 0.330 e. The highest BCUT2D eigenvalue weighted by Gasteiger charge is 2.57. The molecule has 0 radical (unpaired) electrons. The maximum absolute atomic E-state index is 13.4. The largest absolute Gasteiger partial charge is 0.466 e. The summed E-state index contributed by atoms with van der Waals surface area (Å²) in [6.07, 6.45) is 5.95. The van der Waals surface area contributed by atoms with Gasteiger partial charge in [-0.15, -0.1) is 0 Å². The van der Waals surface area contributed by atoms with E-state index in [1.165, 1.54) is 13.2 Å². The number of hydrogen-bond donors (Lipinski definition) is 3. The van der Waals surface area contributed by atoms with Gasteiger partial charge in [0.15, 0.2) is 12.4 Å². The van der Waals surface area contributed by atoms with E-state index in [9.17, 15) is 34.5 Å². The standard InChI is InChI=1S/C43H66O15/c1-6-8-9-10-11-15-36(46)57-41-28(20-37(47)51-5)19-34-25-35(27-44)54-39(49)22-29(45)21-30-13-12-14-31(53-30)23-32-24-33(26-38(48)52-18-7-2)56-40(55-32)16-17-42(3,4)43(41,50)58-34/h7,16-17,20,29-35,40-41,44-45,50H,2,6,8-15,18-19,21-27H2,1,3-5H3/b17-16+,28-20+/t29-,30+,31-,32-,33-,34+,35-,40-,41+,43-/m1/s1. The second-order valence-electron chi connectivity index (χ2n) is 16.5. The molecule has 0 unspecified atom stereocenters. The predicted molar refractivity (Wildman–Crippen MR) is 209 cm³/mol. The first-order valence-corrected chi connectivity index (χ1v) is 21.0. The molecule has 0 spiro atoms. The van der Waals surface area contributed by atoms with Gasteiger partial charge in [0.2, 0.25) is 5.79 Å². The summed E-state index contributed by atoms with van der Waals surface area (Å²) in [5, 5.41) is 34.0. The van der Waals surface area contributed by atoms with E-state index < -0.39 is 84.6 Å². The predicted octanol–water partition coefficient (Wildman–Crippen LogP) is 4.81. The van der Waals surface area contributed by atoms with Crippen molar-refractivity contribution < 1.29 is 72.4 Å². The van der Waals surface area contributed by atoms with Crippen LogP contribution in [0.25, 0.3) is 0 Å². The fourth-order valence-corrected chi connectivity index (χ4v) is 8.08. The molecule has 58 heavy (non-hydrogen) atoms. The van der Waals surface area contributed by atoms with Crippen LogP contribution in [-0.4, -0.2) is 120 Å². The topological polar surface area (TPSA) is 203 Å².